The topological polar surface area (TPSA) is 41.6 Å². The van der Waals surface area contributed by atoms with Gasteiger partial charge in [0.2, 0.25) is 5.91 Å². The second kappa shape index (κ2) is 7.42. The van der Waals surface area contributed by atoms with Crippen molar-refractivity contribution in [1.29, 1.82) is 0 Å². The molecule has 2 saturated heterocycles. The number of benzene rings is 1. The van der Waals surface area contributed by atoms with E-state index in [4.69, 9.17) is 4.74 Å². The van der Waals surface area contributed by atoms with Crippen LogP contribution in [-0.2, 0) is 16.1 Å². The highest BCUT2D eigenvalue weighted by atomic mass is 19.1. The van der Waals surface area contributed by atoms with Crippen molar-refractivity contribution in [2.45, 2.75) is 25.8 Å². The second-order valence-corrected chi connectivity index (χ2v) is 7.99. The van der Waals surface area contributed by atoms with Gasteiger partial charge in [0, 0.05) is 32.6 Å². The lowest BCUT2D eigenvalue weighted by Gasteiger charge is -2.32. The number of hydrogen-bond acceptors (Lipinski definition) is 3. The van der Waals surface area contributed by atoms with Crippen LogP contribution in [-0.4, -0.2) is 43.7 Å². The number of fused-ring (bicyclic) bond motifs is 1. The SMILES string of the molecule is O=C(C[C@H]1COC[C@@H]2CN(Cc3ccc(F)cc3)C[C@@H]12)NCC1CC1. The van der Waals surface area contributed by atoms with E-state index in [2.05, 4.69) is 10.2 Å². The number of rotatable bonds is 6. The van der Waals surface area contributed by atoms with Crippen molar-refractivity contribution in [3.63, 3.8) is 0 Å². The van der Waals surface area contributed by atoms with E-state index in [1.165, 1.54) is 25.0 Å². The van der Waals surface area contributed by atoms with Gasteiger partial charge in [-0.2, -0.15) is 0 Å². The van der Waals surface area contributed by atoms with Crippen molar-refractivity contribution in [2.75, 3.05) is 32.8 Å². The first-order valence-corrected chi connectivity index (χ1v) is 9.48. The molecule has 5 heteroatoms. The zero-order valence-electron chi connectivity index (χ0n) is 14.6. The summed E-state index contributed by atoms with van der Waals surface area (Å²) in [5.74, 6) is 2.06. The highest BCUT2D eigenvalue weighted by Crippen LogP contribution is 2.36. The van der Waals surface area contributed by atoms with Gasteiger partial charge in [-0.25, -0.2) is 4.39 Å². The van der Waals surface area contributed by atoms with E-state index in [1.54, 1.807) is 0 Å². The molecule has 0 aromatic heterocycles. The number of carbonyl (C=O) groups excluding carboxylic acids is 1. The van der Waals surface area contributed by atoms with Gasteiger partial charge in [-0.05, 0) is 54.2 Å². The Bertz CT molecular complexity index is 602. The molecule has 0 radical (unpaired) electrons. The molecule has 1 N–H and O–H groups in total. The molecule has 0 unspecified atom stereocenters. The number of amides is 1. The molecule has 0 bridgehead atoms. The first-order chi connectivity index (χ1) is 12.2. The number of hydrogen-bond donors (Lipinski definition) is 1. The lowest BCUT2D eigenvalue weighted by Crippen LogP contribution is -2.38. The van der Waals surface area contributed by atoms with Crippen LogP contribution in [0.25, 0.3) is 0 Å². The third kappa shape index (κ3) is 4.39. The summed E-state index contributed by atoms with van der Waals surface area (Å²) in [5.41, 5.74) is 1.14. The lowest BCUT2D eigenvalue weighted by molar-refractivity contribution is -0.124. The third-order valence-corrected chi connectivity index (χ3v) is 5.89. The highest BCUT2D eigenvalue weighted by molar-refractivity contribution is 5.76. The number of halogens is 1. The third-order valence-electron chi connectivity index (χ3n) is 5.89. The van der Waals surface area contributed by atoms with Crippen LogP contribution < -0.4 is 5.32 Å². The van der Waals surface area contributed by atoms with Crippen molar-refractivity contribution in [3.8, 4) is 0 Å². The Balaban J connectivity index is 1.31. The monoisotopic (exact) mass is 346 g/mol. The van der Waals surface area contributed by atoms with Gasteiger partial charge in [0.25, 0.3) is 0 Å². The van der Waals surface area contributed by atoms with Gasteiger partial charge in [-0.15, -0.1) is 0 Å². The zero-order chi connectivity index (χ0) is 17.2. The van der Waals surface area contributed by atoms with Crippen molar-refractivity contribution >= 4 is 5.91 Å². The standard InChI is InChI=1S/C20H27FN2O2/c21-18-5-3-15(4-6-18)9-23-10-17-13-25-12-16(19(17)11-23)7-20(24)22-8-14-1-2-14/h3-6,14,16-17,19H,1-2,7-13H2,(H,22,24)/t16-,17-,19-/m0/s1. The van der Waals surface area contributed by atoms with Gasteiger partial charge in [0.05, 0.1) is 13.2 Å². The molecule has 1 aromatic carbocycles. The molecule has 4 rings (SSSR count). The average molecular weight is 346 g/mol. The summed E-state index contributed by atoms with van der Waals surface area (Å²) in [7, 11) is 0. The van der Waals surface area contributed by atoms with Crippen molar-refractivity contribution in [1.82, 2.24) is 10.2 Å². The smallest absolute Gasteiger partial charge is 0.220 e. The van der Waals surface area contributed by atoms with E-state index < -0.39 is 0 Å². The van der Waals surface area contributed by atoms with Gasteiger partial charge in [0.15, 0.2) is 0 Å². The van der Waals surface area contributed by atoms with E-state index in [1.807, 2.05) is 12.1 Å². The van der Waals surface area contributed by atoms with Crippen LogP contribution in [0.15, 0.2) is 24.3 Å². The zero-order valence-corrected chi connectivity index (χ0v) is 14.6. The maximum Gasteiger partial charge on any atom is 0.220 e. The van der Waals surface area contributed by atoms with Gasteiger partial charge >= 0.3 is 0 Å². The van der Waals surface area contributed by atoms with Crippen LogP contribution in [0.4, 0.5) is 4.39 Å². The summed E-state index contributed by atoms with van der Waals surface area (Å²) in [6, 6.07) is 6.76. The van der Waals surface area contributed by atoms with E-state index in [0.717, 1.165) is 44.3 Å². The number of ether oxygens (including phenoxy) is 1. The molecule has 136 valence electrons. The normalized spacial score (nSPS) is 29.4. The van der Waals surface area contributed by atoms with Crippen molar-refractivity contribution in [3.05, 3.63) is 35.6 Å². The molecule has 3 atom stereocenters. The molecule has 1 aliphatic carbocycles. The average Bonchev–Trinajstić information content (AvgIpc) is 3.34. The van der Waals surface area contributed by atoms with E-state index in [9.17, 15) is 9.18 Å². The predicted octanol–water partition coefficient (Wildman–Crippen LogP) is 2.44. The summed E-state index contributed by atoms with van der Waals surface area (Å²) in [6.07, 6.45) is 3.10. The molecule has 3 fully saturated rings. The molecule has 1 aromatic rings. The maximum absolute atomic E-state index is 13.1. The van der Waals surface area contributed by atoms with E-state index in [0.29, 0.717) is 30.8 Å². The largest absolute Gasteiger partial charge is 0.381 e. The molecular weight excluding hydrogens is 319 g/mol. The summed E-state index contributed by atoms with van der Waals surface area (Å²) in [4.78, 5) is 14.6. The summed E-state index contributed by atoms with van der Waals surface area (Å²) in [5, 5.41) is 3.08. The Labute approximate surface area is 148 Å². The minimum absolute atomic E-state index is 0.179. The Morgan fingerprint density at radius 3 is 2.76 bits per heavy atom. The summed E-state index contributed by atoms with van der Waals surface area (Å²) < 4.78 is 18.9. The second-order valence-electron chi connectivity index (χ2n) is 7.99. The Morgan fingerprint density at radius 2 is 2.00 bits per heavy atom. The lowest BCUT2D eigenvalue weighted by atomic mass is 9.81. The molecule has 0 spiro atoms. The number of nitrogens with one attached hydrogen (secondary N) is 1. The summed E-state index contributed by atoms with van der Waals surface area (Å²) >= 11 is 0. The minimum atomic E-state index is -0.190. The van der Waals surface area contributed by atoms with Crippen LogP contribution in [0.5, 0.6) is 0 Å². The molecule has 2 aliphatic heterocycles. The van der Waals surface area contributed by atoms with Crippen LogP contribution in [0.3, 0.4) is 0 Å². The maximum atomic E-state index is 13.1. The molecule has 4 nitrogen and oxygen atoms in total. The highest BCUT2D eigenvalue weighted by Gasteiger charge is 2.41. The quantitative estimate of drug-likeness (QED) is 0.860. The van der Waals surface area contributed by atoms with Gasteiger partial charge < -0.3 is 10.1 Å². The van der Waals surface area contributed by atoms with Gasteiger partial charge in [0.1, 0.15) is 5.82 Å². The number of likely N-dealkylation sites (tertiary alicyclic amines) is 1. The van der Waals surface area contributed by atoms with Crippen molar-refractivity contribution < 1.29 is 13.9 Å². The molecule has 1 saturated carbocycles. The fourth-order valence-corrected chi connectivity index (χ4v) is 4.27. The molecule has 3 aliphatic rings. The molecule has 2 heterocycles. The first-order valence-electron chi connectivity index (χ1n) is 9.48. The van der Waals surface area contributed by atoms with Crippen LogP contribution >= 0.6 is 0 Å². The Morgan fingerprint density at radius 1 is 1.20 bits per heavy atom. The van der Waals surface area contributed by atoms with E-state index >= 15 is 0 Å². The van der Waals surface area contributed by atoms with Crippen LogP contribution in [0.1, 0.15) is 24.8 Å². The predicted molar refractivity (Wildman–Crippen MR) is 93.3 cm³/mol. The van der Waals surface area contributed by atoms with Crippen molar-refractivity contribution in [2.24, 2.45) is 23.7 Å². The molecular formula is C20H27FN2O2. The first kappa shape index (κ1) is 17.0. The number of carbonyl (C=O) groups is 1. The Hall–Kier alpha value is -1.46. The summed E-state index contributed by atoms with van der Waals surface area (Å²) in [6.45, 7) is 5.19. The molecule has 25 heavy (non-hydrogen) atoms. The minimum Gasteiger partial charge on any atom is -0.381 e. The van der Waals surface area contributed by atoms with Crippen LogP contribution in [0.2, 0.25) is 0 Å². The Kier molecular flexibility index (Phi) is 5.04. The molecule has 1 amide bonds. The van der Waals surface area contributed by atoms with Gasteiger partial charge in [-0.3, -0.25) is 9.69 Å². The van der Waals surface area contributed by atoms with Crippen LogP contribution in [0, 0.1) is 29.5 Å². The number of nitrogens with zero attached hydrogens (tertiary/aromatic N) is 1. The van der Waals surface area contributed by atoms with Gasteiger partial charge in [-0.1, -0.05) is 12.1 Å². The fraction of sp³-hybridized carbons (Fsp3) is 0.650. The fourth-order valence-electron chi connectivity index (χ4n) is 4.27. The van der Waals surface area contributed by atoms with E-state index in [-0.39, 0.29) is 11.7 Å².